The van der Waals surface area contributed by atoms with Crippen LogP contribution in [-0.4, -0.2) is 22.0 Å². The molecule has 1 aromatic carbocycles. The lowest BCUT2D eigenvalue weighted by Crippen LogP contribution is -2.30. The molecule has 0 radical (unpaired) electrons. The van der Waals surface area contributed by atoms with Gasteiger partial charge in [0.15, 0.2) is 0 Å². The predicted molar refractivity (Wildman–Crippen MR) is 81.4 cm³/mol. The summed E-state index contributed by atoms with van der Waals surface area (Å²) in [6.07, 6.45) is 0. The molecule has 0 amide bonds. The number of nitrogens with zero attached hydrogens (tertiary/aromatic N) is 2. The van der Waals surface area contributed by atoms with E-state index in [-0.39, 0.29) is 11.1 Å². The summed E-state index contributed by atoms with van der Waals surface area (Å²) in [7, 11) is 1.54. The number of aromatic nitrogens is 2. The minimum Gasteiger partial charge on any atom is -0.494 e. The lowest BCUT2D eigenvalue weighted by Gasteiger charge is -2.19. The first kappa shape index (κ1) is 15.5. The van der Waals surface area contributed by atoms with Gasteiger partial charge in [0.2, 0.25) is 5.43 Å². The number of aryl methyl sites for hydroxylation is 1. The minimum absolute atomic E-state index is 0.0649. The third kappa shape index (κ3) is 3.09. The first-order chi connectivity index (χ1) is 9.74. The summed E-state index contributed by atoms with van der Waals surface area (Å²) < 4.78 is 6.85. The number of hydrogen-bond donors (Lipinski definition) is 1. The highest BCUT2D eigenvalue weighted by atomic mass is 35.5. The Morgan fingerprint density at radius 2 is 2.00 bits per heavy atom. The average molecular weight is 309 g/mol. The second-order valence-electron chi connectivity index (χ2n) is 5.29. The van der Waals surface area contributed by atoms with E-state index in [1.165, 1.54) is 19.9 Å². The normalized spacial score (nSPS) is 11.5. The van der Waals surface area contributed by atoms with Crippen molar-refractivity contribution >= 4 is 11.6 Å². The van der Waals surface area contributed by atoms with Gasteiger partial charge >= 0.3 is 0 Å². The lowest BCUT2D eigenvalue weighted by atomic mass is 10.0. The highest BCUT2D eigenvalue weighted by molar-refractivity contribution is 6.30. The second kappa shape index (κ2) is 5.50. The summed E-state index contributed by atoms with van der Waals surface area (Å²) >= 11 is 6.03. The summed E-state index contributed by atoms with van der Waals surface area (Å²) in [4.78, 5) is 12.0. The molecule has 6 heteroatoms. The maximum atomic E-state index is 12.0. The largest absolute Gasteiger partial charge is 0.494 e. The Hall–Kier alpha value is -1.85. The molecule has 2 aromatic rings. The van der Waals surface area contributed by atoms with Crippen molar-refractivity contribution in [1.29, 1.82) is 0 Å². The third-order valence-corrected chi connectivity index (χ3v) is 3.29. The fourth-order valence-corrected chi connectivity index (χ4v) is 2.21. The van der Waals surface area contributed by atoms with Crippen LogP contribution < -0.4 is 10.2 Å². The van der Waals surface area contributed by atoms with Crippen molar-refractivity contribution in [2.75, 3.05) is 7.11 Å². The molecule has 5 nitrogen and oxygen atoms in total. The van der Waals surface area contributed by atoms with Crippen LogP contribution in [0.1, 0.15) is 25.2 Å². The Kier molecular flexibility index (Phi) is 4.07. The molecular formula is C15H17ClN2O3. The minimum atomic E-state index is -1.33. The number of ether oxygens (including phenoxy) is 1. The first-order valence-corrected chi connectivity index (χ1v) is 6.79. The van der Waals surface area contributed by atoms with Crippen LogP contribution in [0.5, 0.6) is 5.75 Å². The van der Waals surface area contributed by atoms with Crippen molar-refractivity contribution in [3.8, 4) is 11.4 Å². The smallest absolute Gasteiger partial charge is 0.206 e. The molecule has 1 N–H and O–H groups in total. The Balaban J connectivity index is 2.76. The Morgan fingerprint density at radius 3 is 2.57 bits per heavy atom. The molecule has 0 spiro atoms. The zero-order valence-corrected chi connectivity index (χ0v) is 13.1. The van der Waals surface area contributed by atoms with E-state index in [1.54, 1.807) is 36.9 Å². The number of methoxy groups -OCH3 is 1. The van der Waals surface area contributed by atoms with E-state index in [0.717, 1.165) is 0 Å². The first-order valence-electron chi connectivity index (χ1n) is 6.42. The summed E-state index contributed by atoms with van der Waals surface area (Å²) in [5, 5.41) is 14.9. The van der Waals surface area contributed by atoms with Crippen molar-refractivity contribution in [2.24, 2.45) is 0 Å². The van der Waals surface area contributed by atoms with Gasteiger partial charge in [-0.2, -0.15) is 5.10 Å². The van der Waals surface area contributed by atoms with Crippen LogP contribution in [0.15, 0.2) is 29.1 Å². The van der Waals surface area contributed by atoms with Crippen molar-refractivity contribution < 1.29 is 9.84 Å². The number of aliphatic hydroxyl groups is 1. The SMILES string of the molecule is COc1ccc(Cl)cc1-n1nc(C(C)(C)O)c(=O)cc1C. The van der Waals surface area contributed by atoms with Crippen molar-refractivity contribution in [1.82, 2.24) is 9.78 Å². The van der Waals surface area contributed by atoms with Gasteiger partial charge in [-0.05, 0) is 39.0 Å². The van der Waals surface area contributed by atoms with Gasteiger partial charge in [0.1, 0.15) is 22.7 Å². The van der Waals surface area contributed by atoms with E-state index in [0.29, 0.717) is 22.2 Å². The van der Waals surface area contributed by atoms with Gasteiger partial charge in [-0.3, -0.25) is 4.79 Å². The zero-order valence-electron chi connectivity index (χ0n) is 12.3. The summed E-state index contributed by atoms with van der Waals surface area (Å²) in [5.41, 5.74) is -0.354. The van der Waals surface area contributed by atoms with E-state index < -0.39 is 5.60 Å². The molecule has 1 heterocycles. The molecular weight excluding hydrogens is 292 g/mol. The Labute approximate surface area is 127 Å². The van der Waals surface area contributed by atoms with Crippen LogP contribution in [0.25, 0.3) is 5.69 Å². The third-order valence-electron chi connectivity index (χ3n) is 3.06. The monoisotopic (exact) mass is 308 g/mol. The van der Waals surface area contributed by atoms with Crippen molar-refractivity contribution in [3.05, 3.63) is 50.9 Å². The zero-order chi connectivity index (χ0) is 15.8. The van der Waals surface area contributed by atoms with E-state index in [1.807, 2.05) is 0 Å². The van der Waals surface area contributed by atoms with E-state index >= 15 is 0 Å². The van der Waals surface area contributed by atoms with E-state index in [2.05, 4.69) is 5.10 Å². The molecule has 0 bridgehead atoms. The van der Waals surface area contributed by atoms with Gasteiger partial charge in [-0.25, -0.2) is 4.68 Å². The summed E-state index contributed by atoms with van der Waals surface area (Å²) in [6.45, 7) is 4.79. The van der Waals surface area contributed by atoms with Gasteiger partial charge in [0.25, 0.3) is 0 Å². The molecule has 0 atom stereocenters. The van der Waals surface area contributed by atoms with E-state index in [9.17, 15) is 9.90 Å². The molecule has 0 fully saturated rings. The highest BCUT2D eigenvalue weighted by Crippen LogP contribution is 2.27. The number of hydrogen-bond acceptors (Lipinski definition) is 4. The molecule has 0 unspecified atom stereocenters. The number of benzene rings is 1. The van der Waals surface area contributed by atoms with Gasteiger partial charge in [-0.1, -0.05) is 11.6 Å². The van der Waals surface area contributed by atoms with Crippen LogP contribution in [0.4, 0.5) is 0 Å². The standard InChI is InChI=1S/C15H17ClN2O3/c1-9-7-12(19)14(15(2,3)20)17-18(9)11-8-10(16)5-6-13(11)21-4/h5-8,20H,1-4H3. The molecule has 2 rings (SSSR count). The van der Waals surface area contributed by atoms with Gasteiger partial charge in [0.05, 0.1) is 7.11 Å². The topological polar surface area (TPSA) is 64.3 Å². The predicted octanol–water partition coefficient (Wildman–Crippen LogP) is 2.43. The second-order valence-corrected chi connectivity index (χ2v) is 5.72. The Morgan fingerprint density at radius 1 is 1.33 bits per heavy atom. The van der Waals surface area contributed by atoms with E-state index in [4.69, 9.17) is 16.3 Å². The number of halogens is 1. The molecule has 1 aromatic heterocycles. The summed E-state index contributed by atoms with van der Waals surface area (Å²) in [6, 6.07) is 6.55. The quantitative estimate of drug-likeness (QED) is 0.946. The molecule has 112 valence electrons. The number of rotatable bonds is 3. The van der Waals surface area contributed by atoms with Crippen LogP contribution in [0, 0.1) is 6.92 Å². The Bertz CT molecular complexity index is 733. The molecule has 0 aliphatic heterocycles. The average Bonchev–Trinajstić information content (AvgIpc) is 2.37. The lowest BCUT2D eigenvalue weighted by molar-refractivity contribution is 0.0709. The fraction of sp³-hybridized carbons (Fsp3) is 0.333. The van der Waals surface area contributed by atoms with Crippen LogP contribution >= 0.6 is 11.6 Å². The molecule has 0 aliphatic carbocycles. The van der Waals surface area contributed by atoms with Crippen LogP contribution in [0.2, 0.25) is 5.02 Å². The maximum Gasteiger partial charge on any atom is 0.206 e. The highest BCUT2D eigenvalue weighted by Gasteiger charge is 2.23. The molecule has 21 heavy (non-hydrogen) atoms. The molecule has 0 saturated carbocycles. The van der Waals surface area contributed by atoms with Gasteiger partial charge < -0.3 is 9.84 Å². The molecule has 0 saturated heterocycles. The summed E-state index contributed by atoms with van der Waals surface area (Å²) in [5.74, 6) is 0.570. The van der Waals surface area contributed by atoms with Crippen molar-refractivity contribution in [2.45, 2.75) is 26.4 Å². The maximum absolute atomic E-state index is 12.0. The van der Waals surface area contributed by atoms with Crippen LogP contribution in [-0.2, 0) is 5.60 Å². The van der Waals surface area contributed by atoms with Crippen LogP contribution in [0.3, 0.4) is 0 Å². The molecule has 0 aliphatic rings. The van der Waals surface area contributed by atoms with Crippen molar-refractivity contribution in [3.63, 3.8) is 0 Å². The van der Waals surface area contributed by atoms with Gasteiger partial charge in [0, 0.05) is 16.8 Å². The fourth-order valence-electron chi connectivity index (χ4n) is 2.04. The van der Waals surface area contributed by atoms with Gasteiger partial charge in [-0.15, -0.1) is 0 Å².